The van der Waals surface area contributed by atoms with Gasteiger partial charge in [-0.1, -0.05) is 31.0 Å². The van der Waals surface area contributed by atoms with E-state index in [1.165, 1.54) is 25.7 Å². The first kappa shape index (κ1) is 13.8. The van der Waals surface area contributed by atoms with Gasteiger partial charge in [-0.3, -0.25) is 0 Å². The minimum atomic E-state index is 0.243. The van der Waals surface area contributed by atoms with E-state index in [0.29, 0.717) is 18.0 Å². The maximum absolute atomic E-state index is 9.33. The zero-order valence-electron chi connectivity index (χ0n) is 12.0. The zero-order chi connectivity index (χ0) is 14.7. The average molecular weight is 280 g/mol. The predicted octanol–water partition coefficient (Wildman–Crippen LogP) is 3.04. The number of benzene rings is 1. The van der Waals surface area contributed by atoms with Gasteiger partial charge in [-0.15, -0.1) is 0 Å². The van der Waals surface area contributed by atoms with Gasteiger partial charge < -0.3 is 11.1 Å². The number of nitrogens with two attached hydrogens (primary N) is 1. The van der Waals surface area contributed by atoms with Gasteiger partial charge in [-0.05, 0) is 30.9 Å². The van der Waals surface area contributed by atoms with Gasteiger partial charge in [0.2, 0.25) is 0 Å². The number of anilines is 1. The van der Waals surface area contributed by atoms with E-state index in [4.69, 9.17) is 5.73 Å². The standard InChI is InChI=1S/C17H20N4/c18-10-13-9-17(20-15-8-4-3-7-14(13)15)21-16(11-19)12-5-1-2-6-12/h3-4,7-9,12,16H,1-2,5-6,11,19H2,(H,20,21). The largest absolute Gasteiger partial charge is 0.366 e. The highest BCUT2D eigenvalue weighted by molar-refractivity contribution is 5.86. The molecule has 4 heteroatoms. The summed E-state index contributed by atoms with van der Waals surface area (Å²) in [5, 5.41) is 13.7. The summed E-state index contributed by atoms with van der Waals surface area (Å²) in [5.74, 6) is 1.38. The minimum Gasteiger partial charge on any atom is -0.366 e. The number of pyridine rings is 1. The molecule has 1 fully saturated rings. The summed E-state index contributed by atoms with van der Waals surface area (Å²) in [4.78, 5) is 4.63. The summed E-state index contributed by atoms with van der Waals surface area (Å²) in [6, 6.07) is 12.1. The third-order valence-corrected chi connectivity index (χ3v) is 4.39. The molecule has 0 spiro atoms. The molecular weight excluding hydrogens is 260 g/mol. The Kier molecular flexibility index (Phi) is 4.03. The fourth-order valence-electron chi connectivity index (χ4n) is 3.26. The highest BCUT2D eigenvalue weighted by atomic mass is 15.0. The van der Waals surface area contributed by atoms with Crippen LogP contribution in [-0.2, 0) is 0 Å². The lowest BCUT2D eigenvalue weighted by Gasteiger charge is -2.24. The second kappa shape index (κ2) is 6.11. The number of para-hydroxylation sites is 1. The topological polar surface area (TPSA) is 74.7 Å². The molecule has 1 atom stereocenters. The summed E-state index contributed by atoms with van der Waals surface area (Å²) in [5.41, 5.74) is 7.43. The van der Waals surface area contributed by atoms with Crippen molar-refractivity contribution in [1.29, 1.82) is 5.26 Å². The quantitative estimate of drug-likeness (QED) is 0.902. The van der Waals surface area contributed by atoms with Crippen LogP contribution in [0.15, 0.2) is 30.3 Å². The first-order chi connectivity index (χ1) is 10.3. The zero-order valence-corrected chi connectivity index (χ0v) is 12.0. The fourth-order valence-corrected chi connectivity index (χ4v) is 3.26. The van der Waals surface area contributed by atoms with Crippen LogP contribution in [0.4, 0.5) is 5.82 Å². The van der Waals surface area contributed by atoms with E-state index < -0.39 is 0 Å². The number of nitrogens with one attached hydrogen (secondary N) is 1. The van der Waals surface area contributed by atoms with Crippen molar-refractivity contribution in [2.45, 2.75) is 31.7 Å². The molecule has 21 heavy (non-hydrogen) atoms. The molecule has 3 rings (SSSR count). The molecule has 0 radical (unpaired) electrons. The number of nitriles is 1. The Bertz CT molecular complexity index is 668. The van der Waals surface area contributed by atoms with Gasteiger partial charge in [0, 0.05) is 18.0 Å². The smallest absolute Gasteiger partial charge is 0.128 e. The number of aromatic nitrogens is 1. The van der Waals surface area contributed by atoms with Crippen molar-refractivity contribution in [3.05, 3.63) is 35.9 Å². The van der Waals surface area contributed by atoms with Crippen LogP contribution in [0.5, 0.6) is 0 Å². The molecule has 0 bridgehead atoms. The van der Waals surface area contributed by atoms with Gasteiger partial charge in [-0.25, -0.2) is 4.98 Å². The molecular formula is C17H20N4. The Morgan fingerprint density at radius 2 is 2.10 bits per heavy atom. The molecule has 1 saturated carbocycles. The van der Waals surface area contributed by atoms with Crippen molar-refractivity contribution in [3.63, 3.8) is 0 Å². The van der Waals surface area contributed by atoms with Gasteiger partial charge >= 0.3 is 0 Å². The van der Waals surface area contributed by atoms with E-state index in [1.807, 2.05) is 30.3 Å². The average Bonchev–Trinajstić information content (AvgIpc) is 3.06. The van der Waals surface area contributed by atoms with E-state index in [0.717, 1.165) is 16.7 Å². The molecule has 3 N–H and O–H groups in total. The normalized spacial score (nSPS) is 16.8. The molecule has 0 saturated heterocycles. The highest BCUT2D eigenvalue weighted by Gasteiger charge is 2.24. The van der Waals surface area contributed by atoms with Crippen molar-refractivity contribution in [3.8, 4) is 6.07 Å². The molecule has 1 aromatic carbocycles. The van der Waals surface area contributed by atoms with Crippen LogP contribution in [0.25, 0.3) is 10.9 Å². The SMILES string of the molecule is N#Cc1cc(NC(CN)C2CCCC2)nc2ccccc12. The van der Waals surface area contributed by atoms with Gasteiger partial charge in [0.1, 0.15) is 5.82 Å². The van der Waals surface area contributed by atoms with E-state index in [1.54, 1.807) is 0 Å². The van der Waals surface area contributed by atoms with E-state index in [-0.39, 0.29) is 6.04 Å². The molecule has 1 heterocycles. The molecule has 2 aromatic rings. The molecule has 0 aliphatic heterocycles. The van der Waals surface area contributed by atoms with Crippen LogP contribution in [0.3, 0.4) is 0 Å². The number of hydrogen-bond donors (Lipinski definition) is 2. The Morgan fingerprint density at radius 3 is 2.81 bits per heavy atom. The second-order valence-corrected chi connectivity index (χ2v) is 5.72. The summed E-state index contributed by atoms with van der Waals surface area (Å²) < 4.78 is 0. The van der Waals surface area contributed by atoms with Crippen LogP contribution in [-0.4, -0.2) is 17.6 Å². The van der Waals surface area contributed by atoms with Gasteiger partial charge in [0.05, 0.1) is 17.1 Å². The van der Waals surface area contributed by atoms with Crippen molar-refractivity contribution < 1.29 is 0 Å². The van der Waals surface area contributed by atoms with Crippen molar-refractivity contribution in [1.82, 2.24) is 4.98 Å². The lowest BCUT2D eigenvalue weighted by molar-refractivity contribution is 0.461. The lowest BCUT2D eigenvalue weighted by Crippen LogP contribution is -2.35. The summed E-state index contributed by atoms with van der Waals surface area (Å²) in [6.07, 6.45) is 5.04. The minimum absolute atomic E-state index is 0.243. The number of hydrogen-bond acceptors (Lipinski definition) is 4. The van der Waals surface area contributed by atoms with Crippen molar-refractivity contribution in [2.75, 3.05) is 11.9 Å². The van der Waals surface area contributed by atoms with E-state index in [9.17, 15) is 5.26 Å². The number of fused-ring (bicyclic) bond motifs is 1. The third-order valence-electron chi connectivity index (χ3n) is 4.39. The fraction of sp³-hybridized carbons (Fsp3) is 0.412. The maximum Gasteiger partial charge on any atom is 0.128 e. The van der Waals surface area contributed by atoms with Crippen LogP contribution < -0.4 is 11.1 Å². The Hall–Kier alpha value is -2.12. The maximum atomic E-state index is 9.33. The van der Waals surface area contributed by atoms with Gasteiger partial charge in [-0.2, -0.15) is 5.26 Å². The van der Waals surface area contributed by atoms with E-state index in [2.05, 4.69) is 16.4 Å². The predicted molar refractivity (Wildman–Crippen MR) is 84.9 cm³/mol. The van der Waals surface area contributed by atoms with Crippen molar-refractivity contribution in [2.24, 2.45) is 11.7 Å². The lowest BCUT2D eigenvalue weighted by atomic mass is 9.98. The second-order valence-electron chi connectivity index (χ2n) is 5.72. The monoisotopic (exact) mass is 280 g/mol. The summed E-state index contributed by atoms with van der Waals surface area (Å²) in [6.45, 7) is 0.598. The van der Waals surface area contributed by atoms with Gasteiger partial charge in [0.25, 0.3) is 0 Å². The third kappa shape index (κ3) is 2.84. The molecule has 1 aliphatic carbocycles. The van der Waals surface area contributed by atoms with Gasteiger partial charge in [0.15, 0.2) is 0 Å². The van der Waals surface area contributed by atoms with Crippen LogP contribution in [0, 0.1) is 17.2 Å². The molecule has 1 unspecified atom stereocenters. The summed E-state index contributed by atoms with van der Waals surface area (Å²) >= 11 is 0. The Balaban J connectivity index is 1.91. The van der Waals surface area contributed by atoms with Crippen LogP contribution >= 0.6 is 0 Å². The first-order valence-corrected chi connectivity index (χ1v) is 7.58. The Labute approximate surface area is 125 Å². The highest BCUT2D eigenvalue weighted by Crippen LogP contribution is 2.29. The molecule has 108 valence electrons. The molecule has 4 nitrogen and oxygen atoms in total. The number of rotatable bonds is 4. The molecule has 0 amide bonds. The van der Waals surface area contributed by atoms with Crippen molar-refractivity contribution >= 4 is 16.7 Å². The molecule has 1 aromatic heterocycles. The van der Waals surface area contributed by atoms with Crippen LogP contribution in [0.2, 0.25) is 0 Å². The number of nitrogens with zero attached hydrogens (tertiary/aromatic N) is 2. The summed E-state index contributed by atoms with van der Waals surface area (Å²) in [7, 11) is 0. The van der Waals surface area contributed by atoms with E-state index >= 15 is 0 Å². The molecule has 1 aliphatic rings. The Morgan fingerprint density at radius 1 is 1.33 bits per heavy atom. The first-order valence-electron chi connectivity index (χ1n) is 7.58. The van der Waals surface area contributed by atoms with Crippen LogP contribution in [0.1, 0.15) is 31.2 Å².